The van der Waals surface area contributed by atoms with Crippen molar-refractivity contribution in [1.82, 2.24) is 15.3 Å². The van der Waals surface area contributed by atoms with Crippen LogP contribution < -0.4 is 15.8 Å². The summed E-state index contributed by atoms with van der Waals surface area (Å²) in [5.41, 5.74) is 7.27. The lowest BCUT2D eigenvalue weighted by atomic mass is 9.89. The lowest BCUT2D eigenvalue weighted by molar-refractivity contribution is -0.137. The Balaban J connectivity index is 1.33. The lowest BCUT2D eigenvalue weighted by Gasteiger charge is -2.25. The molecule has 0 saturated heterocycles. The number of nitrogen functional groups attached to an aromatic ring is 1. The second-order valence-corrected chi connectivity index (χ2v) is 8.61. The summed E-state index contributed by atoms with van der Waals surface area (Å²) in [5.74, 6) is 0.499. The van der Waals surface area contributed by atoms with Crippen LogP contribution in [0.4, 0.5) is 19.0 Å². The predicted molar refractivity (Wildman–Crippen MR) is 127 cm³/mol. The van der Waals surface area contributed by atoms with Crippen LogP contribution in [0.3, 0.4) is 0 Å². The molecular formula is C25H22ClF3N4O2. The average Bonchev–Trinajstić information content (AvgIpc) is 2.82. The minimum atomic E-state index is -4.44. The zero-order valence-electron chi connectivity index (χ0n) is 18.5. The summed E-state index contributed by atoms with van der Waals surface area (Å²) in [7, 11) is 0. The van der Waals surface area contributed by atoms with Crippen molar-refractivity contribution in [2.45, 2.75) is 37.9 Å². The summed E-state index contributed by atoms with van der Waals surface area (Å²) in [6.07, 6.45) is 2.99. The van der Waals surface area contributed by atoms with Gasteiger partial charge in [0.15, 0.2) is 0 Å². The van der Waals surface area contributed by atoms with Gasteiger partial charge >= 0.3 is 6.18 Å². The first-order chi connectivity index (χ1) is 16.7. The van der Waals surface area contributed by atoms with E-state index >= 15 is 0 Å². The number of hydrogen-bond donors (Lipinski definition) is 2. The van der Waals surface area contributed by atoms with E-state index in [1.165, 1.54) is 23.9 Å². The van der Waals surface area contributed by atoms with E-state index in [2.05, 4.69) is 21.4 Å². The molecule has 1 aliphatic carbocycles. The standard InChI is InChI=1S/C25H22ClF3N4O2/c26-21-12-17(13-32-23(21)30)24(34)33-19-7-4-15(5-8-19)10-16-2-1-3-20(11-16)35-22-9-6-18(14-31-22)25(27,28)29/h1-3,6,9-14,19H,4-5,7-8H2,(H2,30,32)(H,33,34). The number of rotatable bonds is 5. The minimum absolute atomic E-state index is 0.0383. The van der Waals surface area contributed by atoms with Gasteiger partial charge in [0.05, 0.1) is 16.1 Å². The number of ether oxygens (including phenoxy) is 1. The van der Waals surface area contributed by atoms with Gasteiger partial charge in [-0.05, 0) is 55.5 Å². The molecule has 0 radical (unpaired) electrons. The summed E-state index contributed by atoms with van der Waals surface area (Å²) in [6, 6.07) is 10.9. The molecule has 0 unspecified atom stereocenters. The highest BCUT2D eigenvalue weighted by atomic mass is 35.5. The third-order valence-corrected chi connectivity index (χ3v) is 5.91. The van der Waals surface area contributed by atoms with Crippen molar-refractivity contribution in [3.05, 3.63) is 82.1 Å². The monoisotopic (exact) mass is 502 g/mol. The molecule has 0 aliphatic heterocycles. The first kappa shape index (κ1) is 24.5. The Kier molecular flexibility index (Phi) is 7.25. The van der Waals surface area contributed by atoms with Crippen LogP contribution in [0.15, 0.2) is 60.4 Å². The van der Waals surface area contributed by atoms with Gasteiger partial charge in [0, 0.05) is 24.5 Å². The zero-order chi connectivity index (χ0) is 25.0. The maximum absolute atomic E-state index is 12.7. The molecule has 182 valence electrons. The maximum atomic E-state index is 12.7. The number of nitrogens with zero attached hydrogens (tertiary/aromatic N) is 2. The molecule has 1 aliphatic rings. The fourth-order valence-corrected chi connectivity index (χ4v) is 3.92. The van der Waals surface area contributed by atoms with Crippen molar-refractivity contribution in [2.24, 2.45) is 0 Å². The van der Waals surface area contributed by atoms with Crippen LogP contribution in [-0.2, 0) is 6.18 Å². The van der Waals surface area contributed by atoms with E-state index in [1.54, 1.807) is 12.1 Å². The third-order valence-electron chi connectivity index (χ3n) is 5.61. The topological polar surface area (TPSA) is 90.1 Å². The molecular weight excluding hydrogens is 481 g/mol. The molecule has 4 rings (SSSR count). The van der Waals surface area contributed by atoms with Gasteiger partial charge in [-0.15, -0.1) is 0 Å². The summed E-state index contributed by atoms with van der Waals surface area (Å²) in [6.45, 7) is 0. The molecule has 1 aromatic carbocycles. The van der Waals surface area contributed by atoms with Gasteiger partial charge in [-0.2, -0.15) is 13.2 Å². The highest BCUT2D eigenvalue weighted by Gasteiger charge is 2.30. The Labute approximate surface area is 205 Å². The number of carbonyl (C=O) groups excluding carboxylic acids is 1. The van der Waals surface area contributed by atoms with Crippen LogP contribution in [-0.4, -0.2) is 21.9 Å². The Morgan fingerprint density at radius 2 is 1.89 bits per heavy atom. The van der Waals surface area contributed by atoms with Crippen molar-refractivity contribution in [2.75, 3.05) is 5.73 Å². The van der Waals surface area contributed by atoms with Crippen LogP contribution in [0.1, 0.15) is 47.2 Å². The van der Waals surface area contributed by atoms with E-state index in [0.717, 1.165) is 43.5 Å². The number of halogens is 4. The van der Waals surface area contributed by atoms with E-state index < -0.39 is 11.7 Å². The largest absolute Gasteiger partial charge is 0.439 e. The van der Waals surface area contributed by atoms with E-state index in [4.69, 9.17) is 22.1 Å². The van der Waals surface area contributed by atoms with Gasteiger partial charge in [0.25, 0.3) is 5.91 Å². The molecule has 1 amide bonds. The maximum Gasteiger partial charge on any atom is 0.417 e. The molecule has 0 spiro atoms. The molecule has 1 saturated carbocycles. The van der Waals surface area contributed by atoms with Gasteiger partial charge in [0.1, 0.15) is 11.6 Å². The molecule has 6 nitrogen and oxygen atoms in total. The number of hydrogen-bond acceptors (Lipinski definition) is 5. The van der Waals surface area contributed by atoms with Crippen LogP contribution in [0.2, 0.25) is 5.02 Å². The van der Waals surface area contributed by atoms with Crippen molar-refractivity contribution < 1.29 is 22.7 Å². The Bertz CT molecular complexity index is 1240. The number of allylic oxidation sites excluding steroid dienone is 1. The number of aromatic nitrogens is 2. The summed E-state index contributed by atoms with van der Waals surface area (Å²) in [4.78, 5) is 20.1. The second-order valence-electron chi connectivity index (χ2n) is 8.20. The van der Waals surface area contributed by atoms with E-state index in [9.17, 15) is 18.0 Å². The normalized spacial score (nSPS) is 16.0. The molecule has 10 heteroatoms. The first-order valence-corrected chi connectivity index (χ1v) is 11.3. The van der Waals surface area contributed by atoms with Gasteiger partial charge in [-0.25, -0.2) is 9.97 Å². The van der Waals surface area contributed by atoms with E-state index in [0.29, 0.717) is 11.3 Å². The highest BCUT2D eigenvalue weighted by molar-refractivity contribution is 6.33. The molecule has 2 heterocycles. The highest BCUT2D eigenvalue weighted by Crippen LogP contribution is 2.31. The van der Waals surface area contributed by atoms with Gasteiger partial charge in [-0.3, -0.25) is 4.79 Å². The molecule has 3 N–H and O–H groups in total. The van der Waals surface area contributed by atoms with Crippen molar-refractivity contribution >= 4 is 29.4 Å². The number of nitrogens with two attached hydrogens (primary N) is 1. The number of alkyl halides is 3. The fraction of sp³-hybridized carbons (Fsp3) is 0.240. The number of carbonyl (C=O) groups is 1. The summed E-state index contributed by atoms with van der Waals surface area (Å²) < 4.78 is 43.7. The summed E-state index contributed by atoms with van der Waals surface area (Å²) >= 11 is 5.95. The Morgan fingerprint density at radius 3 is 2.54 bits per heavy atom. The van der Waals surface area contributed by atoms with Crippen LogP contribution >= 0.6 is 11.6 Å². The lowest BCUT2D eigenvalue weighted by Crippen LogP contribution is -2.36. The van der Waals surface area contributed by atoms with Crippen LogP contribution in [0.5, 0.6) is 11.6 Å². The second kappa shape index (κ2) is 10.4. The number of nitrogens with one attached hydrogen (secondary N) is 1. The molecule has 3 aromatic rings. The van der Waals surface area contributed by atoms with Crippen LogP contribution in [0, 0.1) is 0 Å². The molecule has 35 heavy (non-hydrogen) atoms. The molecule has 1 fully saturated rings. The van der Waals surface area contributed by atoms with Crippen molar-refractivity contribution in [3.8, 4) is 11.6 Å². The summed E-state index contributed by atoms with van der Waals surface area (Å²) in [5, 5.41) is 3.26. The molecule has 0 atom stereocenters. The zero-order valence-corrected chi connectivity index (χ0v) is 19.2. The van der Waals surface area contributed by atoms with Crippen molar-refractivity contribution in [3.63, 3.8) is 0 Å². The van der Waals surface area contributed by atoms with Gasteiger partial charge < -0.3 is 15.8 Å². The van der Waals surface area contributed by atoms with Crippen molar-refractivity contribution in [1.29, 1.82) is 0 Å². The molecule has 2 aromatic heterocycles. The number of amides is 1. The fourth-order valence-electron chi connectivity index (χ4n) is 3.75. The number of anilines is 1. The van der Waals surface area contributed by atoms with Gasteiger partial charge in [0.2, 0.25) is 5.88 Å². The van der Waals surface area contributed by atoms with Gasteiger partial charge in [-0.1, -0.05) is 35.4 Å². The minimum Gasteiger partial charge on any atom is -0.439 e. The average molecular weight is 503 g/mol. The quantitative estimate of drug-likeness (QED) is 0.428. The van der Waals surface area contributed by atoms with E-state index in [1.807, 2.05) is 12.1 Å². The van der Waals surface area contributed by atoms with Crippen LogP contribution in [0.25, 0.3) is 6.08 Å². The number of benzene rings is 1. The Morgan fingerprint density at radius 1 is 1.11 bits per heavy atom. The Hall–Kier alpha value is -3.59. The SMILES string of the molecule is Nc1ncc(C(=O)NC2CCC(=Cc3cccc(Oc4ccc(C(F)(F)F)cn4)c3)CC2)cc1Cl. The third kappa shape index (κ3) is 6.51. The number of pyridine rings is 2. The molecule has 0 bridgehead atoms. The predicted octanol–water partition coefficient (Wildman–Crippen LogP) is 6.28. The first-order valence-electron chi connectivity index (χ1n) is 10.9. The van der Waals surface area contributed by atoms with E-state index in [-0.39, 0.29) is 28.7 Å². The smallest absolute Gasteiger partial charge is 0.417 e.